The highest BCUT2D eigenvalue weighted by Gasteiger charge is 2.31. The molecule has 1 fully saturated rings. The molecule has 1 heterocycles. The lowest BCUT2D eigenvalue weighted by Crippen LogP contribution is -2.36. The van der Waals surface area contributed by atoms with E-state index in [1.165, 1.54) is 6.42 Å². The summed E-state index contributed by atoms with van der Waals surface area (Å²) in [6.07, 6.45) is 5.41. The predicted octanol–water partition coefficient (Wildman–Crippen LogP) is 5.73. The number of halogens is 1. The predicted molar refractivity (Wildman–Crippen MR) is 134 cm³/mol. The van der Waals surface area contributed by atoms with Gasteiger partial charge in [0.25, 0.3) is 11.8 Å². The average molecular weight is 493 g/mol. The highest BCUT2D eigenvalue weighted by molar-refractivity contribution is 7.85. The summed E-state index contributed by atoms with van der Waals surface area (Å²) < 4.78 is 13.5. The van der Waals surface area contributed by atoms with Crippen LogP contribution in [0.4, 0.5) is 5.69 Å². The van der Waals surface area contributed by atoms with Gasteiger partial charge in [-0.1, -0.05) is 55.1 Å². The van der Waals surface area contributed by atoms with Crippen molar-refractivity contribution in [3.63, 3.8) is 0 Å². The first-order valence-corrected chi connectivity index (χ1v) is 13.1. The molecule has 1 aliphatic heterocycles. The maximum atomic E-state index is 13.7. The molecule has 2 amide bonds. The minimum absolute atomic E-state index is 0.169. The van der Waals surface area contributed by atoms with E-state index in [-0.39, 0.29) is 24.4 Å². The number of fused-ring (bicyclic) bond motifs is 2. The Bertz CT molecular complexity index is 1290. The maximum absolute atomic E-state index is 13.7. The molecular weight excluding hydrogens is 468 g/mol. The van der Waals surface area contributed by atoms with Gasteiger partial charge in [-0.3, -0.25) is 9.59 Å². The number of amides is 2. The second-order valence-corrected chi connectivity index (χ2v) is 10.6. The molecule has 1 atom stereocenters. The molecule has 1 N–H and O–H groups in total. The topological polar surface area (TPSA) is 66.5 Å². The van der Waals surface area contributed by atoms with Gasteiger partial charge in [0.05, 0.1) is 38.4 Å². The van der Waals surface area contributed by atoms with Crippen LogP contribution in [-0.4, -0.2) is 22.1 Å². The molecule has 0 radical (unpaired) electrons. The lowest BCUT2D eigenvalue weighted by Gasteiger charge is -2.25. The van der Waals surface area contributed by atoms with E-state index in [2.05, 4.69) is 5.32 Å². The fourth-order valence-corrected chi connectivity index (χ4v) is 6.25. The van der Waals surface area contributed by atoms with Gasteiger partial charge >= 0.3 is 0 Å². The van der Waals surface area contributed by atoms with Gasteiger partial charge in [0.15, 0.2) is 0 Å². The van der Waals surface area contributed by atoms with E-state index in [4.69, 9.17) is 11.6 Å². The molecule has 7 heteroatoms. The molecule has 174 valence electrons. The summed E-state index contributed by atoms with van der Waals surface area (Å²) in [4.78, 5) is 29.3. The van der Waals surface area contributed by atoms with Gasteiger partial charge in [-0.2, -0.15) is 0 Å². The Hall–Kier alpha value is -2.96. The van der Waals surface area contributed by atoms with Gasteiger partial charge < -0.3 is 10.2 Å². The van der Waals surface area contributed by atoms with Crippen LogP contribution >= 0.6 is 11.6 Å². The van der Waals surface area contributed by atoms with E-state index in [0.29, 0.717) is 31.6 Å². The number of hydrogen-bond acceptors (Lipinski definition) is 3. The highest BCUT2D eigenvalue weighted by atomic mass is 35.5. The van der Waals surface area contributed by atoms with Crippen LogP contribution in [0.5, 0.6) is 0 Å². The molecule has 0 bridgehead atoms. The van der Waals surface area contributed by atoms with Gasteiger partial charge in [0.1, 0.15) is 0 Å². The average Bonchev–Trinajstić information content (AvgIpc) is 2.94. The zero-order valence-corrected chi connectivity index (χ0v) is 20.2. The van der Waals surface area contributed by atoms with Crippen LogP contribution in [0.2, 0.25) is 5.02 Å². The molecular formula is C27H25ClN2O3S. The quantitative estimate of drug-likeness (QED) is 0.505. The van der Waals surface area contributed by atoms with E-state index in [1.807, 2.05) is 18.2 Å². The molecule has 2 aliphatic rings. The first-order chi connectivity index (χ1) is 16.5. The number of carbonyl (C=O) groups is 2. The lowest BCUT2D eigenvalue weighted by atomic mass is 9.95. The third-order valence-electron chi connectivity index (χ3n) is 6.44. The largest absolute Gasteiger partial charge is 0.349 e. The Labute approximate surface area is 206 Å². The molecule has 1 aliphatic carbocycles. The summed E-state index contributed by atoms with van der Waals surface area (Å²) in [5.41, 5.74) is 2.17. The van der Waals surface area contributed by atoms with Gasteiger partial charge in [0.2, 0.25) is 0 Å². The standard InChI is InChI=1S/C27H25ClN2O3S/c28-20-8-6-7-18(15-20)17-30-23-16-19(26(31)29-21-9-2-1-3-10-21)13-14-25(23)34(33)24-12-5-4-11-22(24)27(30)32/h4-8,11-16,21H,1-3,9-10,17H2,(H,29,31)/t34-/m0/s1. The summed E-state index contributed by atoms with van der Waals surface area (Å²) in [7, 11) is -1.56. The van der Waals surface area contributed by atoms with Crippen molar-refractivity contribution in [3.8, 4) is 0 Å². The summed E-state index contributed by atoms with van der Waals surface area (Å²) in [5, 5.41) is 3.71. The van der Waals surface area contributed by atoms with Crippen molar-refractivity contribution in [2.24, 2.45) is 0 Å². The van der Waals surface area contributed by atoms with Crippen LogP contribution in [0.25, 0.3) is 0 Å². The third-order valence-corrected chi connectivity index (χ3v) is 8.18. The minimum Gasteiger partial charge on any atom is -0.349 e. The van der Waals surface area contributed by atoms with Crippen molar-refractivity contribution >= 4 is 39.9 Å². The SMILES string of the molecule is O=C(NC1CCCCC1)c1ccc2c(c1)N(Cc1cccc(Cl)c1)C(=O)c1ccccc1[S@@]2=O. The van der Waals surface area contributed by atoms with Crippen molar-refractivity contribution in [3.05, 3.63) is 88.4 Å². The first kappa shape index (κ1) is 22.8. The molecule has 0 aromatic heterocycles. The van der Waals surface area contributed by atoms with Crippen LogP contribution in [0.3, 0.4) is 0 Å². The molecule has 3 aromatic carbocycles. The molecule has 0 spiro atoms. The van der Waals surface area contributed by atoms with Crippen LogP contribution in [0, 0.1) is 0 Å². The Morgan fingerprint density at radius 3 is 2.56 bits per heavy atom. The van der Waals surface area contributed by atoms with E-state index in [0.717, 1.165) is 31.2 Å². The number of carbonyl (C=O) groups excluding carboxylic acids is 2. The minimum atomic E-state index is -1.56. The molecule has 0 saturated heterocycles. The van der Waals surface area contributed by atoms with E-state index < -0.39 is 10.8 Å². The van der Waals surface area contributed by atoms with Crippen molar-refractivity contribution in [2.75, 3.05) is 4.90 Å². The van der Waals surface area contributed by atoms with Gasteiger partial charge in [0, 0.05) is 16.6 Å². The van der Waals surface area contributed by atoms with Crippen molar-refractivity contribution in [1.29, 1.82) is 0 Å². The molecule has 5 nitrogen and oxygen atoms in total. The van der Waals surface area contributed by atoms with E-state index in [9.17, 15) is 13.8 Å². The van der Waals surface area contributed by atoms with Crippen LogP contribution in [0.1, 0.15) is 58.4 Å². The smallest absolute Gasteiger partial charge is 0.259 e. The van der Waals surface area contributed by atoms with Crippen LogP contribution in [-0.2, 0) is 17.3 Å². The van der Waals surface area contributed by atoms with Crippen LogP contribution < -0.4 is 10.2 Å². The highest BCUT2D eigenvalue weighted by Crippen LogP contribution is 2.36. The number of hydrogen-bond donors (Lipinski definition) is 1. The van der Waals surface area contributed by atoms with Gasteiger partial charge in [-0.05, 0) is 60.9 Å². The number of nitrogens with one attached hydrogen (secondary N) is 1. The molecule has 1 saturated carbocycles. The summed E-state index contributed by atoms with van der Waals surface area (Å²) in [6, 6.07) is 19.6. The zero-order chi connectivity index (χ0) is 23.7. The van der Waals surface area contributed by atoms with E-state index in [1.54, 1.807) is 53.4 Å². The van der Waals surface area contributed by atoms with Crippen molar-refractivity contribution < 1.29 is 13.8 Å². The fourth-order valence-electron chi connectivity index (χ4n) is 4.70. The molecule has 5 rings (SSSR count). The number of nitrogens with zero attached hydrogens (tertiary/aromatic N) is 1. The molecule has 0 unspecified atom stereocenters. The Balaban J connectivity index is 1.57. The van der Waals surface area contributed by atoms with Crippen LogP contribution in [0.15, 0.2) is 76.5 Å². The van der Waals surface area contributed by atoms with E-state index >= 15 is 0 Å². The summed E-state index contributed by atoms with van der Waals surface area (Å²) in [6.45, 7) is 0.242. The number of benzene rings is 3. The van der Waals surface area contributed by atoms with Crippen molar-refractivity contribution in [1.82, 2.24) is 5.32 Å². The van der Waals surface area contributed by atoms with Gasteiger partial charge in [-0.25, -0.2) is 4.21 Å². The van der Waals surface area contributed by atoms with Gasteiger partial charge in [-0.15, -0.1) is 0 Å². The second-order valence-electron chi connectivity index (χ2n) is 8.78. The normalized spacial score (nSPS) is 18.1. The first-order valence-electron chi connectivity index (χ1n) is 11.5. The fraction of sp³-hybridized carbons (Fsp3) is 0.259. The number of anilines is 1. The van der Waals surface area contributed by atoms with Crippen molar-refractivity contribution in [2.45, 2.75) is 54.5 Å². The maximum Gasteiger partial charge on any atom is 0.259 e. The Morgan fingerprint density at radius 1 is 0.971 bits per heavy atom. The monoisotopic (exact) mass is 492 g/mol. The number of rotatable bonds is 4. The molecule has 34 heavy (non-hydrogen) atoms. The zero-order valence-electron chi connectivity index (χ0n) is 18.6. The molecule has 3 aromatic rings. The summed E-state index contributed by atoms with van der Waals surface area (Å²) >= 11 is 6.19. The Morgan fingerprint density at radius 2 is 1.76 bits per heavy atom. The second kappa shape index (κ2) is 9.72. The summed E-state index contributed by atoms with van der Waals surface area (Å²) in [5.74, 6) is -0.426. The lowest BCUT2D eigenvalue weighted by molar-refractivity contribution is 0.0925. The Kier molecular flexibility index (Phi) is 6.53. The third kappa shape index (κ3) is 4.52.